The van der Waals surface area contributed by atoms with E-state index in [1.165, 1.54) is 38.3 Å². The maximum atomic E-state index is 15.0. The van der Waals surface area contributed by atoms with Crippen LogP contribution in [0.2, 0.25) is 0 Å². The van der Waals surface area contributed by atoms with Crippen LogP contribution in [0.25, 0.3) is 0 Å². The molecule has 2 heterocycles. The van der Waals surface area contributed by atoms with E-state index < -0.39 is 152 Å². The number of ketones is 1. The number of amides is 12. The van der Waals surface area contributed by atoms with Crippen molar-refractivity contribution in [1.29, 1.82) is 0 Å². The number of aliphatic hydroxyl groups excluding tert-OH is 1. The first kappa shape index (κ1) is 95.9. The van der Waals surface area contributed by atoms with E-state index in [0.29, 0.717) is 41.8 Å². The summed E-state index contributed by atoms with van der Waals surface area (Å²) in [4.78, 5) is 173. The number of likely N-dealkylation sites (N-methyl/N-ethyl adjacent to an activating group) is 2. The molecule has 1 fully saturated rings. The molecule has 0 aliphatic carbocycles. The van der Waals surface area contributed by atoms with Crippen LogP contribution in [0, 0.1) is 35.5 Å². The molecule has 1 saturated heterocycles. The second-order valence-corrected chi connectivity index (χ2v) is 32.2. The third kappa shape index (κ3) is 28.1. The number of ether oxygens (including phenoxy) is 4. The fourth-order valence-electron chi connectivity index (χ4n) is 13.6. The second-order valence-electron chi connectivity index (χ2n) is 30.0. The van der Waals surface area contributed by atoms with Crippen LogP contribution < -0.4 is 32.3 Å². The Bertz CT molecular complexity index is 3440. The van der Waals surface area contributed by atoms with E-state index in [1.54, 1.807) is 117 Å². The Morgan fingerprint density at radius 3 is 1.87 bits per heavy atom. The number of aliphatic hydroxyl groups is 1. The Kier molecular flexibility index (Phi) is 39.4. The van der Waals surface area contributed by atoms with Crippen molar-refractivity contribution in [2.45, 2.75) is 229 Å². The minimum Gasteiger partial charge on any atom is -0.445 e. The number of rotatable bonds is 44. The smallest absolute Gasteiger partial charge is 0.410 e. The van der Waals surface area contributed by atoms with Gasteiger partial charge in [0.15, 0.2) is 5.78 Å². The van der Waals surface area contributed by atoms with Crippen LogP contribution >= 0.6 is 7.60 Å². The second kappa shape index (κ2) is 45.2. The lowest BCUT2D eigenvalue weighted by atomic mass is 9.83. The van der Waals surface area contributed by atoms with Gasteiger partial charge in [-0.15, -0.1) is 0 Å². The number of carbonyl (C=O) groups excluding carboxylic acids is 12. The molecule has 2 aliphatic heterocycles. The largest absolute Gasteiger partial charge is 0.445 e. The Hall–Kier alpha value is -8.35. The molecule has 12 amide bonds. The van der Waals surface area contributed by atoms with Gasteiger partial charge in [-0.05, 0) is 114 Å². The number of carbonyl (C=O) groups is 12. The number of imide groups is 1. The monoisotopic (exact) mass is 1570 g/mol. The van der Waals surface area contributed by atoms with E-state index in [1.807, 2.05) is 45.9 Å². The molecule has 618 valence electrons. The molecule has 110 heavy (non-hydrogen) atoms. The Morgan fingerprint density at radius 1 is 0.736 bits per heavy atom. The number of nitrogens with zero attached hydrogens (tertiary/aromatic N) is 5. The van der Waals surface area contributed by atoms with Crippen molar-refractivity contribution < 1.29 is 95.2 Å². The van der Waals surface area contributed by atoms with E-state index >= 15 is 0 Å². The zero-order valence-corrected chi connectivity index (χ0v) is 68.1. The van der Waals surface area contributed by atoms with Gasteiger partial charge in [0.25, 0.3) is 11.8 Å². The Labute approximate surface area is 650 Å². The van der Waals surface area contributed by atoms with Gasteiger partial charge in [0, 0.05) is 78.1 Å². The lowest BCUT2D eigenvalue weighted by Crippen LogP contribution is -2.61. The van der Waals surface area contributed by atoms with E-state index in [9.17, 15) is 67.2 Å². The van der Waals surface area contributed by atoms with Crippen molar-refractivity contribution in [2.24, 2.45) is 41.2 Å². The number of likely N-dealkylation sites (tertiary alicyclic amines) is 1. The number of hydrogen-bond acceptors (Lipinski definition) is 20. The van der Waals surface area contributed by atoms with Gasteiger partial charge in [0.1, 0.15) is 30.3 Å². The highest BCUT2D eigenvalue weighted by Gasteiger charge is 2.46. The van der Waals surface area contributed by atoms with Crippen molar-refractivity contribution in [1.82, 2.24) is 45.8 Å². The summed E-state index contributed by atoms with van der Waals surface area (Å²) in [6.07, 6.45) is -1.14. The third-order valence-corrected chi connectivity index (χ3v) is 21.7. The lowest BCUT2D eigenvalue weighted by Gasteiger charge is -2.41. The number of anilines is 1. The standard InChI is InChI=1S/C77H122N11O20P.CH4/c1-20-49(10)66(60(103-18)43-63(92)87-39-27-31-57(87)68(104-19)50(11)69(94)80-51(12)67(93)53-28-24-23-25-29-53)84(16)73(98)55(46(4)5)42-59(89)65(48(8)9)85(17)75(100)105-45-52-32-34-54(35-33-52)81-70(95)56(30-26-38-79-74(78)99)82-72(97)64(47(6)7)83-71(96)58(88-61(90)36-37-62(88)91)44-86(76(101)108-77(13,14)15)40-41-109(102,106-21-2)107-22-3;/h23-25,28-29,32-37,46-51,55-58,60,64-68,93H,20-22,26-27,30-31,38-45H2,1-19H3,(H,80,94)(H,81,95)(H,82,97)(H,83,96)(H3,78,79,99);1H4/t49-,50+,51-,55-,56-,57-,58?,60+,64-,65+,66+,67-,68-;/m0./s1. The molecule has 2 aliphatic rings. The average molecular weight is 1570 g/mol. The summed E-state index contributed by atoms with van der Waals surface area (Å²) in [5.74, 6) is -8.95. The number of benzene rings is 2. The average Bonchev–Trinajstić information content (AvgIpc) is 1.36. The van der Waals surface area contributed by atoms with Crippen molar-refractivity contribution in [3.05, 3.63) is 77.9 Å². The summed E-state index contributed by atoms with van der Waals surface area (Å²) in [7, 11) is 2.30. The summed E-state index contributed by atoms with van der Waals surface area (Å²) in [5.41, 5.74) is 5.60. The maximum absolute atomic E-state index is 15.0. The number of urea groups is 1. The molecule has 32 heteroatoms. The maximum Gasteiger partial charge on any atom is 0.410 e. The summed E-state index contributed by atoms with van der Waals surface area (Å²) >= 11 is 0. The van der Waals surface area contributed by atoms with E-state index in [2.05, 4.69) is 26.6 Å². The molecular weight excluding hydrogens is 1440 g/mol. The first-order valence-electron chi connectivity index (χ1n) is 37.7. The van der Waals surface area contributed by atoms with Crippen LogP contribution in [-0.4, -0.2) is 235 Å². The van der Waals surface area contributed by atoms with Gasteiger partial charge in [-0.25, -0.2) is 14.4 Å². The summed E-state index contributed by atoms with van der Waals surface area (Å²) < 4.78 is 47.9. The summed E-state index contributed by atoms with van der Waals surface area (Å²) in [6.45, 7) is 24.9. The minimum absolute atomic E-state index is 0. The van der Waals surface area contributed by atoms with E-state index in [4.69, 9.17) is 33.7 Å². The van der Waals surface area contributed by atoms with Crippen LogP contribution in [0.4, 0.5) is 20.1 Å². The Balaban J connectivity index is 0.0000314. The molecule has 1 unspecified atom stereocenters. The van der Waals surface area contributed by atoms with Crippen LogP contribution in [-0.2, 0) is 82.3 Å². The van der Waals surface area contributed by atoms with Crippen LogP contribution in [0.3, 0.4) is 0 Å². The van der Waals surface area contributed by atoms with E-state index in [-0.39, 0.29) is 113 Å². The van der Waals surface area contributed by atoms with Gasteiger partial charge in [0.2, 0.25) is 35.4 Å². The van der Waals surface area contributed by atoms with Crippen molar-refractivity contribution in [2.75, 3.05) is 79.2 Å². The number of Topliss-reactive ketones (excluding diaryl/α,β-unsaturated/α-hetero) is 1. The molecule has 31 nitrogen and oxygen atoms in total. The van der Waals surface area contributed by atoms with Gasteiger partial charge in [-0.2, -0.15) is 0 Å². The van der Waals surface area contributed by atoms with Crippen LogP contribution in [0.1, 0.15) is 173 Å². The van der Waals surface area contributed by atoms with Crippen LogP contribution in [0.5, 0.6) is 0 Å². The molecule has 0 spiro atoms. The van der Waals surface area contributed by atoms with Gasteiger partial charge in [0.05, 0.1) is 80.7 Å². The summed E-state index contributed by atoms with van der Waals surface area (Å²) in [5, 5.41) is 24.4. The highest BCUT2D eigenvalue weighted by atomic mass is 31.2. The third-order valence-electron chi connectivity index (χ3n) is 19.7. The van der Waals surface area contributed by atoms with Gasteiger partial charge in [-0.3, -0.25) is 52.6 Å². The zero-order chi connectivity index (χ0) is 81.9. The van der Waals surface area contributed by atoms with Gasteiger partial charge >= 0.3 is 25.8 Å². The molecule has 0 aromatic heterocycles. The van der Waals surface area contributed by atoms with Gasteiger partial charge in [-0.1, -0.05) is 119 Å². The summed E-state index contributed by atoms with van der Waals surface area (Å²) in [6, 6.07) is 7.12. The first-order chi connectivity index (χ1) is 51.2. The fourth-order valence-corrected chi connectivity index (χ4v) is 15.2. The number of primary amides is 1. The lowest BCUT2D eigenvalue weighted by molar-refractivity contribution is -0.149. The zero-order valence-electron chi connectivity index (χ0n) is 67.2. The molecule has 2 aromatic rings. The topological polar surface area (TPSA) is 400 Å². The normalized spacial score (nSPS) is 17.1. The predicted molar refractivity (Wildman–Crippen MR) is 415 cm³/mol. The van der Waals surface area contributed by atoms with Crippen molar-refractivity contribution in [3.63, 3.8) is 0 Å². The highest BCUT2D eigenvalue weighted by Crippen LogP contribution is 2.48. The highest BCUT2D eigenvalue weighted by molar-refractivity contribution is 7.53. The molecule has 8 N–H and O–H groups in total. The minimum atomic E-state index is -3.81. The molecule has 0 radical (unpaired) electrons. The number of methoxy groups -OCH3 is 2. The quantitative estimate of drug-likeness (QED) is 0.0187. The number of hydrogen-bond donors (Lipinski definition) is 7. The molecular formula is C78H126N11O20P. The molecule has 0 bridgehead atoms. The van der Waals surface area contributed by atoms with Crippen LogP contribution in [0.15, 0.2) is 66.7 Å². The molecule has 2 aromatic carbocycles. The molecule has 13 atom stereocenters. The first-order valence-corrected chi connectivity index (χ1v) is 39.4. The predicted octanol–water partition coefficient (Wildman–Crippen LogP) is 8.12. The van der Waals surface area contributed by atoms with E-state index in [0.717, 1.165) is 17.1 Å². The molecule has 4 rings (SSSR count). The number of nitrogens with one attached hydrogen (secondary N) is 5. The SMILES string of the molecule is C.CCOP(=O)(CCN(CC(C(=O)N[C@H](C(=O)N[C@@H](CCCNC(N)=O)C(=O)Nc1ccc(COC(=O)N(C)[C@@H](C(=O)C[C@H](C(=O)N(C)[C@H]([C@@H](C)CC)[C@@H](CC(=O)N2CCC[C@H]2[C@@H](OC)[C@@H](C)C(=O)N[C@@H](C)[C@H](O)c2ccccc2)OC)C(C)C)C(C)C)cc1)C(C)C)N1C(=O)C=CC1=O)C(=O)OC(C)(C)C)OCC. The van der Waals surface area contributed by atoms with Crippen molar-refractivity contribution >= 4 is 84.5 Å². The van der Waals surface area contributed by atoms with Crippen molar-refractivity contribution in [3.8, 4) is 0 Å². The van der Waals surface area contributed by atoms with Gasteiger partial charge < -0.3 is 85.0 Å². The number of nitrogens with two attached hydrogens (primary N) is 1. The Morgan fingerprint density at radius 2 is 1.35 bits per heavy atom. The molecule has 0 saturated carbocycles. The fraction of sp³-hybridized carbons (Fsp3) is 0.667.